The van der Waals surface area contributed by atoms with Crippen molar-refractivity contribution >= 4 is 5.91 Å². The van der Waals surface area contributed by atoms with E-state index in [1.165, 1.54) is 12.8 Å². The number of carbonyl (C=O) groups excluding carboxylic acids is 1. The molecule has 0 radical (unpaired) electrons. The van der Waals surface area contributed by atoms with Crippen molar-refractivity contribution < 1.29 is 9.90 Å². The first-order valence-electron chi connectivity index (χ1n) is 7.90. The fourth-order valence-corrected chi connectivity index (χ4v) is 3.45. The number of nitrogens with one attached hydrogen (secondary N) is 1. The van der Waals surface area contributed by atoms with E-state index in [2.05, 4.69) is 5.32 Å². The Bertz CT molecular complexity index is 296. The standard InChI is InChI=1S/C15H28N2O2/c16-13-8-3-1-2-7-12(13)15(19)17-10-11-6-4-5-9-14(11)18/h11-14,18H,1-10,16H2,(H,17,19). The van der Waals surface area contributed by atoms with Gasteiger partial charge in [0.05, 0.1) is 12.0 Å². The number of hydrogen-bond acceptors (Lipinski definition) is 3. The smallest absolute Gasteiger partial charge is 0.224 e. The Hall–Kier alpha value is -0.610. The first kappa shape index (κ1) is 14.8. The summed E-state index contributed by atoms with van der Waals surface area (Å²) < 4.78 is 0. The van der Waals surface area contributed by atoms with E-state index in [1.807, 2.05) is 0 Å². The molecule has 0 spiro atoms. The molecule has 2 rings (SSSR count). The van der Waals surface area contributed by atoms with Gasteiger partial charge in [0.1, 0.15) is 0 Å². The van der Waals surface area contributed by atoms with Crippen LogP contribution in [-0.2, 0) is 4.79 Å². The Labute approximate surface area is 116 Å². The molecule has 0 saturated heterocycles. The maximum atomic E-state index is 12.2. The largest absolute Gasteiger partial charge is 0.393 e. The van der Waals surface area contributed by atoms with E-state index in [0.29, 0.717) is 6.54 Å². The predicted molar refractivity (Wildman–Crippen MR) is 75.5 cm³/mol. The Balaban J connectivity index is 1.79. The van der Waals surface area contributed by atoms with Crippen molar-refractivity contribution in [3.63, 3.8) is 0 Å². The SMILES string of the molecule is NC1CCCCCC1C(=O)NCC1CCCCC1O. The molecule has 0 aliphatic heterocycles. The molecule has 0 bridgehead atoms. The van der Waals surface area contributed by atoms with Gasteiger partial charge in [0, 0.05) is 18.5 Å². The number of carbonyl (C=O) groups is 1. The van der Waals surface area contributed by atoms with Crippen molar-refractivity contribution in [1.29, 1.82) is 0 Å². The van der Waals surface area contributed by atoms with Crippen LogP contribution in [-0.4, -0.2) is 29.7 Å². The van der Waals surface area contributed by atoms with Gasteiger partial charge in [-0.2, -0.15) is 0 Å². The van der Waals surface area contributed by atoms with E-state index < -0.39 is 0 Å². The van der Waals surface area contributed by atoms with Gasteiger partial charge in [0.2, 0.25) is 5.91 Å². The summed E-state index contributed by atoms with van der Waals surface area (Å²) >= 11 is 0. The fourth-order valence-electron chi connectivity index (χ4n) is 3.45. The Kier molecular flexibility index (Phi) is 5.64. The molecule has 4 unspecified atom stereocenters. The molecule has 2 aliphatic carbocycles. The third kappa shape index (κ3) is 4.18. The van der Waals surface area contributed by atoms with Gasteiger partial charge in [-0.25, -0.2) is 0 Å². The molecule has 0 aromatic heterocycles. The number of amides is 1. The van der Waals surface area contributed by atoms with E-state index in [0.717, 1.165) is 44.9 Å². The highest BCUT2D eigenvalue weighted by Gasteiger charge is 2.28. The lowest BCUT2D eigenvalue weighted by Gasteiger charge is -2.29. The molecule has 19 heavy (non-hydrogen) atoms. The second kappa shape index (κ2) is 7.25. The van der Waals surface area contributed by atoms with Gasteiger partial charge in [-0.15, -0.1) is 0 Å². The molecule has 2 fully saturated rings. The molecular weight excluding hydrogens is 240 g/mol. The summed E-state index contributed by atoms with van der Waals surface area (Å²) in [7, 11) is 0. The van der Waals surface area contributed by atoms with Crippen LogP contribution < -0.4 is 11.1 Å². The van der Waals surface area contributed by atoms with Crippen LogP contribution in [0, 0.1) is 11.8 Å². The zero-order valence-electron chi connectivity index (χ0n) is 11.8. The summed E-state index contributed by atoms with van der Waals surface area (Å²) in [5, 5.41) is 12.9. The predicted octanol–water partition coefficient (Wildman–Crippen LogP) is 1.56. The first-order chi connectivity index (χ1) is 9.18. The number of aliphatic hydroxyl groups excluding tert-OH is 1. The lowest BCUT2D eigenvalue weighted by Crippen LogP contribution is -2.44. The number of nitrogens with two attached hydrogens (primary N) is 1. The monoisotopic (exact) mass is 268 g/mol. The topological polar surface area (TPSA) is 75.4 Å². The van der Waals surface area contributed by atoms with Crippen LogP contribution in [0.2, 0.25) is 0 Å². The minimum atomic E-state index is -0.239. The quantitative estimate of drug-likeness (QED) is 0.680. The maximum absolute atomic E-state index is 12.2. The van der Waals surface area contributed by atoms with Crippen LogP contribution in [0.25, 0.3) is 0 Å². The summed E-state index contributed by atoms with van der Waals surface area (Å²) in [5.74, 6) is 0.315. The molecule has 4 N–H and O–H groups in total. The van der Waals surface area contributed by atoms with Crippen molar-refractivity contribution in [2.75, 3.05) is 6.54 Å². The molecule has 4 nitrogen and oxygen atoms in total. The van der Waals surface area contributed by atoms with Crippen molar-refractivity contribution in [2.24, 2.45) is 17.6 Å². The van der Waals surface area contributed by atoms with Crippen molar-refractivity contribution in [3.8, 4) is 0 Å². The van der Waals surface area contributed by atoms with Crippen LogP contribution in [0.4, 0.5) is 0 Å². The molecule has 110 valence electrons. The highest BCUT2D eigenvalue weighted by molar-refractivity contribution is 5.79. The number of hydrogen-bond donors (Lipinski definition) is 3. The van der Waals surface area contributed by atoms with Crippen molar-refractivity contribution in [3.05, 3.63) is 0 Å². The average Bonchev–Trinajstić information content (AvgIpc) is 2.62. The van der Waals surface area contributed by atoms with E-state index >= 15 is 0 Å². The molecule has 4 atom stereocenters. The van der Waals surface area contributed by atoms with E-state index in [1.54, 1.807) is 0 Å². The summed E-state index contributed by atoms with van der Waals surface area (Å²) in [6.07, 6.45) is 9.27. The molecule has 1 amide bonds. The molecule has 2 aliphatic rings. The van der Waals surface area contributed by atoms with E-state index in [-0.39, 0.29) is 29.9 Å². The summed E-state index contributed by atoms with van der Waals surface area (Å²) in [6, 6.07) is 0.0128. The van der Waals surface area contributed by atoms with Gasteiger partial charge in [0.25, 0.3) is 0 Å². The van der Waals surface area contributed by atoms with Gasteiger partial charge >= 0.3 is 0 Å². The zero-order valence-corrected chi connectivity index (χ0v) is 11.8. The van der Waals surface area contributed by atoms with Gasteiger partial charge in [-0.1, -0.05) is 32.1 Å². The average molecular weight is 268 g/mol. The van der Waals surface area contributed by atoms with E-state index in [9.17, 15) is 9.90 Å². The second-order valence-electron chi connectivity index (χ2n) is 6.27. The Morgan fingerprint density at radius 1 is 1.05 bits per heavy atom. The summed E-state index contributed by atoms with van der Waals surface area (Å²) in [5.41, 5.74) is 6.11. The van der Waals surface area contributed by atoms with Crippen LogP contribution >= 0.6 is 0 Å². The van der Waals surface area contributed by atoms with Gasteiger partial charge in [-0.05, 0) is 25.7 Å². The summed E-state index contributed by atoms with van der Waals surface area (Å²) in [6.45, 7) is 0.614. The Morgan fingerprint density at radius 2 is 1.74 bits per heavy atom. The molecule has 0 aromatic carbocycles. The maximum Gasteiger partial charge on any atom is 0.224 e. The van der Waals surface area contributed by atoms with Crippen molar-refractivity contribution in [1.82, 2.24) is 5.32 Å². The first-order valence-corrected chi connectivity index (χ1v) is 7.90. The normalized spacial score (nSPS) is 36.5. The van der Waals surface area contributed by atoms with Gasteiger partial charge < -0.3 is 16.2 Å². The Morgan fingerprint density at radius 3 is 2.53 bits per heavy atom. The summed E-state index contributed by atoms with van der Waals surface area (Å²) in [4.78, 5) is 12.2. The highest BCUT2D eigenvalue weighted by Crippen LogP contribution is 2.25. The minimum Gasteiger partial charge on any atom is -0.393 e. The van der Waals surface area contributed by atoms with Crippen LogP contribution in [0.3, 0.4) is 0 Å². The van der Waals surface area contributed by atoms with Gasteiger partial charge in [-0.3, -0.25) is 4.79 Å². The second-order valence-corrected chi connectivity index (χ2v) is 6.27. The highest BCUT2D eigenvalue weighted by atomic mass is 16.3. The van der Waals surface area contributed by atoms with Gasteiger partial charge in [0.15, 0.2) is 0 Å². The van der Waals surface area contributed by atoms with Crippen LogP contribution in [0.15, 0.2) is 0 Å². The molecular formula is C15H28N2O2. The number of aliphatic hydroxyl groups is 1. The fraction of sp³-hybridized carbons (Fsp3) is 0.933. The molecule has 0 heterocycles. The molecule has 0 aromatic rings. The van der Waals surface area contributed by atoms with E-state index in [4.69, 9.17) is 5.73 Å². The lowest BCUT2D eigenvalue weighted by atomic mass is 9.86. The third-order valence-electron chi connectivity index (χ3n) is 4.81. The number of rotatable bonds is 3. The van der Waals surface area contributed by atoms with Crippen LogP contribution in [0.1, 0.15) is 57.8 Å². The molecule has 4 heteroatoms. The molecule has 2 saturated carbocycles. The van der Waals surface area contributed by atoms with Crippen molar-refractivity contribution in [2.45, 2.75) is 69.9 Å². The lowest BCUT2D eigenvalue weighted by molar-refractivity contribution is -0.126. The van der Waals surface area contributed by atoms with Crippen LogP contribution in [0.5, 0.6) is 0 Å². The zero-order chi connectivity index (χ0) is 13.7. The minimum absolute atomic E-state index is 0.0128. The third-order valence-corrected chi connectivity index (χ3v) is 4.81.